The molecule has 2 heterocycles. The van der Waals surface area contributed by atoms with Gasteiger partial charge in [0.1, 0.15) is 17.8 Å². The first-order chi connectivity index (χ1) is 12.3. The quantitative estimate of drug-likeness (QED) is 0.904. The summed E-state index contributed by atoms with van der Waals surface area (Å²) < 4.78 is 0. The number of rotatable bonds is 5. The molecule has 2 aliphatic rings. The van der Waals surface area contributed by atoms with Gasteiger partial charge < -0.3 is 10.2 Å². The first-order valence-electron chi connectivity index (χ1n) is 8.92. The Morgan fingerprint density at radius 2 is 1.84 bits per heavy atom. The zero-order chi connectivity index (χ0) is 17.1. The second-order valence-electron chi connectivity index (χ2n) is 6.76. The number of amides is 1. The minimum absolute atomic E-state index is 0.000563. The molecule has 1 saturated carbocycles. The first-order valence-corrected chi connectivity index (χ1v) is 8.92. The van der Waals surface area contributed by atoms with Crippen LogP contribution in [0.4, 0.5) is 5.82 Å². The lowest BCUT2D eigenvalue weighted by atomic mass is 10.2. The van der Waals surface area contributed by atoms with E-state index < -0.39 is 0 Å². The fourth-order valence-corrected chi connectivity index (χ4v) is 3.10. The van der Waals surface area contributed by atoms with Crippen LogP contribution in [0.15, 0.2) is 42.7 Å². The van der Waals surface area contributed by atoms with Crippen molar-refractivity contribution in [3.8, 4) is 0 Å². The van der Waals surface area contributed by atoms with Gasteiger partial charge in [-0.05, 0) is 18.4 Å². The molecule has 2 fully saturated rings. The lowest BCUT2D eigenvalue weighted by molar-refractivity contribution is 0.0622. The molecule has 25 heavy (non-hydrogen) atoms. The fraction of sp³-hybridized carbons (Fsp3) is 0.421. The van der Waals surface area contributed by atoms with Crippen LogP contribution < -0.4 is 5.32 Å². The highest BCUT2D eigenvalue weighted by Gasteiger charge is 2.25. The van der Waals surface area contributed by atoms with E-state index in [9.17, 15) is 4.79 Å². The summed E-state index contributed by atoms with van der Waals surface area (Å²) in [6.07, 6.45) is 3.83. The van der Waals surface area contributed by atoms with E-state index in [4.69, 9.17) is 0 Å². The average molecular weight is 337 g/mol. The van der Waals surface area contributed by atoms with Crippen molar-refractivity contribution in [2.24, 2.45) is 0 Å². The van der Waals surface area contributed by atoms with E-state index in [1.807, 2.05) is 11.0 Å². The van der Waals surface area contributed by atoms with Gasteiger partial charge in [0, 0.05) is 44.8 Å². The van der Waals surface area contributed by atoms with Crippen LogP contribution in [0.5, 0.6) is 0 Å². The van der Waals surface area contributed by atoms with E-state index in [-0.39, 0.29) is 5.91 Å². The van der Waals surface area contributed by atoms with Gasteiger partial charge in [0.05, 0.1) is 0 Å². The highest BCUT2D eigenvalue weighted by molar-refractivity contribution is 5.93. The van der Waals surface area contributed by atoms with Gasteiger partial charge in [-0.3, -0.25) is 9.69 Å². The Morgan fingerprint density at radius 1 is 1.08 bits per heavy atom. The molecule has 0 unspecified atom stereocenters. The Morgan fingerprint density at radius 3 is 2.56 bits per heavy atom. The number of hydrogen-bond acceptors (Lipinski definition) is 5. The normalized spacial score (nSPS) is 18.2. The summed E-state index contributed by atoms with van der Waals surface area (Å²) in [6.45, 7) is 4.19. The lowest BCUT2D eigenvalue weighted by Crippen LogP contribution is -2.48. The standard InChI is InChI=1S/C19H23N5O/c25-19(17-12-18(21-14-20-17)22-16-6-7-16)24-10-8-23(9-11-24)13-15-4-2-1-3-5-15/h1-5,12,14,16H,6-11,13H2,(H,20,21,22). The third-order valence-electron chi connectivity index (χ3n) is 4.72. The highest BCUT2D eigenvalue weighted by Crippen LogP contribution is 2.23. The van der Waals surface area contributed by atoms with Crippen LogP contribution in [-0.4, -0.2) is 57.9 Å². The summed E-state index contributed by atoms with van der Waals surface area (Å²) in [6, 6.07) is 12.7. The van der Waals surface area contributed by atoms with Gasteiger partial charge in [0.2, 0.25) is 0 Å². The average Bonchev–Trinajstić information content (AvgIpc) is 3.47. The van der Waals surface area contributed by atoms with Gasteiger partial charge >= 0.3 is 0 Å². The van der Waals surface area contributed by atoms with Crippen molar-refractivity contribution in [3.63, 3.8) is 0 Å². The zero-order valence-electron chi connectivity index (χ0n) is 14.3. The number of carbonyl (C=O) groups is 1. The molecule has 0 spiro atoms. The molecule has 1 aliphatic carbocycles. The van der Waals surface area contributed by atoms with Crippen LogP contribution in [-0.2, 0) is 6.54 Å². The Kier molecular flexibility index (Phi) is 4.61. The van der Waals surface area contributed by atoms with E-state index in [0.29, 0.717) is 11.7 Å². The number of nitrogens with one attached hydrogen (secondary N) is 1. The maximum atomic E-state index is 12.7. The van der Waals surface area contributed by atoms with Crippen molar-refractivity contribution in [2.45, 2.75) is 25.4 Å². The van der Waals surface area contributed by atoms with E-state index in [0.717, 1.165) is 38.5 Å². The second kappa shape index (κ2) is 7.19. The summed E-state index contributed by atoms with van der Waals surface area (Å²) in [5, 5.41) is 3.32. The number of hydrogen-bond donors (Lipinski definition) is 1. The maximum Gasteiger partial charge on any atom is 0.272 e. The van der Waals surface area contributed by atoms with Gasteiger partial charge in [-0.2, -0.15) is 0 Å². The summed E-state index contributed by atoms with van der Waals surface area (Å²) in [4.78, 5) is 25.4. The highest BCUT2D eigenvalue weighted by atomic mass is 16.2. The van der Waals surface area contributed by atoms with Crippen LogP contribution in [0, 0.1) is 0 Å². The molecule has 0 radical (unpaired) electrons. The molecule has 6 nitrogen and oxygen atoms in total. The molecule has 1 aliphatic heterocycles. The van der Waals surface area contributed by atoms with Crippen molar-refractivity contribution in [1.29, 1.82) is 0 Å². The molecule has 1 amide bonds. The van der Waals surface area contributed by atoms with Crippen LogP contribution in [0.3, 0.4) is 0 Å². The maximum absolute atomic E-state index is 12.7. The molecular weight excluding hydrogens is 314 g/mol. The molecule has 0 bridgehead atoms. The molecule has 6 heteroatoms. The van der Waals surface area contributed by atoms with Gasteiger partial charge in [-0.1, -0.05) is 30.3 Å². The van der Waals surface area contributed by atoms with Crippen LogP contribution in [0.25, 0.3) is 0 Å². The summed E-state index contributed by atoms with van der Waals surface area (Å²) in [5.41, 5.74) is 1.79. The second-order valence-corrected chi connectivity index (χ2v) is 6.76. The number of aromatic nitrogens is 2. The van der Waals surface area contributed by atoms with Crippen LogP contribution >= 0.6 is 0 Å². The third-order valence-corrected chi connectivity index (χ3v) is 4.72. The predicted octanol–water partition coefficient (Wildman–Crippen LogP) is 2.01. The molecule has 1 N–H and O–H groups in total. The van der Waals surface area contributed by atoms with E-state index in [1.165, 1.54) is 24.7 Å². The largest absolute Gasteiger partial charge is 0.367 e. The minimum atomic E-state index is 0.000563. The van der Waals surface area contributed by atoms with E-state index >= 15 is 0 Å². The fourth-order valence-electron chi connectivity index (χ4n) is 3.10. The number of carbonyl (C=O) groups excluding carboxylic acids is 1. The first kappa shape index (κ1) is 16.0. The lowest BCUT2D eigenvalue weighted by Gasteiger charge is -2.34. The Bertz CT molecular complexity index is 724. The Balaban J connectivity index is 1.33. The number of nitrogens with zero attached hydrogens (tertiary/aromatic N) is 4. The smallest absolute Gasteiger partial charge is 0.272 e. The zero-order valence-corrected chi connectivity index (χ0v) is 14.3. The van der Waals surface area contributed by atoms with Crippen molar-refractivity contribution >= 4 is 11.7 Å². The summed E-state index contributed by atoms with van der Waals surface area (Å²) in [7, 11) is 0. The van der Waals surface area contributed by atoms with Gasteiger partial charge in [0.25, 0.3) is 5.91 Å². The van der Waals surface area contributed by atoms with E-state index in [1.54, 1.807) is 6.07 Å². The minimum Gasteiger partial charge on any atom is -0.367 e. The van der Waals surface area contributed by atoms with Crippen molar-refractivity contribution < 1.29 is 4.79 Å². The third kappa shape index (κ3) is 4.14. The molecule has 2 aromatic rings. The van der Waals surface area contributed by atoms with Crippen LogP contribution in [0.2, 0.25) is 0 Å². The number of piperazine rings is 1. The van der Waals surface area contributed by atoms with Gasteiger partial charge in [0.15, 0.2) is 0 Å². The number of benzene rings is 1. The molecule has 4 rings (SSSR count). The SMILES string of the molecule is O=C(c1cc(NC2CC2)ncn1)N1CCN(Cc2ccccc2)CC1. The van der Waals surface area contributed by atoms with Gasteiger partial charge in [-0.25, -0.2) is 9.97 Å². The predicted molar refractivity (Wildman–Crippen MR) is 96.3 cm³/mol. The summed E-state index contributed by atoms with van der Waals surface area (Å²) in [5.74, 6) is 0.754. The molecular formula is C19H23N5O. The molecule has 1 saturated heterocycles. The van der Waals surface area contributed by atoms with E-state index in [2.05, 4.69) is 44.5 Å². The molecule has 1 aromatic heterocycles. The van der Waals surface area contributed by atoms with Crippen molar-refractivity contribution in [2.75, 3.05) is 31.5 Å². The monoisotopic (exact) mass is 337 g/mol. The molecule has 1 aromatic carbocycles. The summed E-state index contributed by atoms with van der Waals surface area (Å²) >= 11 is 0. The van der Waals surface area contributed by atoms with Crippen molar-refractivity contribution in [1.82, 2.24) is 19.8 Å². The Hall–Kier alpha value is -2.47. The van der Waals surface area contributed by atoms with Crippen molar-refractivity contribution in [3.05, 3.63) is 54.0 Å². The number of anilines is 1. The molecule has 130 valence electrons. The molecule has 0 atom stereocenters. The van der Waals surface area contributed by atoms with Crippen LogP contribution in [0.1, 0.15) is 28.9 Å². The van der Waals surface area contributed by atoms with Gasteiger partial charge in [-0.15, -0.1) is 0 Å². The topological polar surface area (TPSA) is 61.4 Å². The Labute approximate surface area is 147 Å².